The van der Waals surface area contributed by atoms with Crippen LogP contribution in [-0.2, 0) is 4.79 Å². The molecule has 6 nitrogen and oxygen atoms in total. The quantitative estimate of drug-likeness (QED) is 0.704. The Kier molecular flexibility index (Phi) is 7.31. The highest BCUT2D eigenvalue weighted by Crippen LogP contribution is 2.38. The number of benzene rings is 1. The van der Waals surface area contributed by atoms with Crippen molar-refractivity contribution < 1.29 is 9.59 Å². The van der Waals surface area contributed by atoms with Crippen molar-refractivity contribution in [2.75, 3.05) is 30.3 Å². The Morgan fingerprint density at radius 2 is 1.39 bits per heavy atom. The van der Waals surface area contributed by atoms with Gasteiger partial charge in [-0.15, -0.1) is 0 Å². The van der Waals surface area contributed by atoms with Gasteiger partial charge in [0.25, 0.3) is 0 Å². The molecule has 0 radical (unpaired) electrons. The molecule has 4 N–H and O–H groups in total. The smallest absolute Gasteiger partial charge is 0.321 e. The Bertz CT molecular complexity index is 645. The number of urea groups is 1. The zero-order chi connectivity index (χ0) is 19.8. The van der Waals surface area contributed by atoms with Crippen molar-refractivity contribution in [1.29, 1.82) is 0 Å². The summed E-state index contributed by atoms with van der Waals surface area (Å²) < 4.78 is 0. The molecule has 0 atom stereocenters. The molecule has 2 aliphatic rings. The zero-order valence-corrected chi connectivity index (χ0v) is 16.8. The average Bonchev–Trinajstić information content (AvgIpc) is 3.00. The first-order valence-electron chi connectivity index (χ1n) is 10.8. The van der Waals surface area contributed by atoms with Crippen molar-refractivity contribution in [3.8, 4) is 0 Å². The van der Waals surface area contributed by atoms with Crippen LogP contribution in [0.2, 0.25) is 0 Å². The van der Waals surface area contributed by atoms with Gasteiger partial charge in [0.1, 0.15) is 0 Å². The summed E-state index contributed by atoms with van der Waals surface area (Å²) in [5.74, 6) is 0.0219. The molecule has 0 bridgehead atoms. The molecule has 0 unspecified atom stereocenters. The summed E-state index contributed by atoms with van der Waals surface area (Å²) in [5, 5.41) is 5.94. The molecule has 1 aromatic carbocycles. The maximum atomic E-state index is 12.5. The lowest BCUT2D eigenvalue weighted by Crippen LogP contribution is -2.36. The molecule has 28 heavy (non-hydrogen) atoms. The largest absolute Gasteiger partial charge is 0.330 e. The number of carbonyl (C=O) groups excluding carboxylic acids is 2. The third-order valence-corrected chi connectivity index (χ3v) is 6.20. The van der Waals surface area contributed by atoms with Crippen molar-refractivity contribution in [2.45, 2.75) is 64.2 Å². The van der Waals surface area contributed by atoms with Crippen LogP contribution in [0.5, 0.6) is 0 Å². The number of rotatable bonds is 5. The Morgan fingerprint density at radius 1 is 0.857 bits per heavy atom. The molecule has 3 amide bonds. The van der Waals surface area contributed by atoms with Gasteiger partial charge in [-0.2, -0.15) is 0 Å². The predicted octanol–water partition coefficient (Wildman–Crippen LogP) is 4.33. The fourth-order valence-electron chi connectivity index (χ4n) is 4.41. The summed E-state index contributed by atoms with van der Waals surface area (Å²) in [6, 6.07) is 7.31. The highest BCUT2D eigenvalue weighted by Gasteiger charge is 2.32. The van der Waals surface area contributed by atoms with Crippen molar-refractivity contribution in [3.05, 3.63) is 24.3 Å². The minimum atomic E-state index is -0.0409. The predicted molar refractivity (Wildman–Crippen MR) is 113 cm³/mol. The van der Waals surface area contributed by atoms with E-state index in [4.69, 9.17) is 5.73 Å². The third-order valence-electron chi connectivity index (χ3n) is 6.20. The monoisotopic (exact) mass is 386 g/mol. The van der Waals surface area contributed by atoms with Crippen LogP contribution in [0.15, 0.2) is 24.3 Å². The van der Waals surface area contributed by atoms with Gasteiger partial charge in [0.2, 0.25) is 5.91 Å². The Labute approximate surface area is 168 Å². The van der Waals surface area contributed by atoms with E-state index in [0.717, 1.165) is 63.0 Å². The first-order valence-corrected chi connectivity index (χ1v) is 10.8. The molecule has 1 aliphatic heterocycles. The van der Waals surface area contributed by atoms with Crippen LogP contribution in [0.3, 0.4) is 0 Å². The molecule has 0 aromatic heterocycles. The number of amides is 3. The highest BCUT2D eigenvalue weighted by atomic mass is 16.2. The molecular formula is C22H34N4O2. The van der Waals surface area contributed by atoms with Gasteiger partial charge in [-0.25, -0.2) is 4.79 Å². The van der Waals surface area contributed by atoms with Crippen LogP contribution in [0, 0.1) is 5.41 Å². The maximum Gasteiger partial charge on any atom is 0.321 e. The second-order valence-corrected chi connectivity index (χ2v) is 8.40. The molecule has 1 saturated heterocycles. The van der Waals surface area contributed by atoms with Crippen LogP contribution in [0.25, 0.3) is 0 Å². The van der Waals surface area contributed by atoms with E-state index in [1.165, 1.54) is 19.3 Å². The summed E-state index contributed by atoms with van der Waals surface area (Å²) in [7, 11) is 0. The first-order chi connectivity index (χ1) is 13.6. The van der Waals surface area contributed by atoms with Gasteiger partial charge >= 0.3 is 6.03 Å². The minimum absolute atomic E-state index is 0.0219. The van der Waals surface area contributed by atoms with Crippen LogP contribution < -0.4 is 16.4 Å². The van der Waals surface area contributed by atoms with Gasteiger partial charge in [0.15, 0.2) is 0 Å². The van der Waals surface area contributed by atoms with Gasteiger partial charge in [-0.3, -0.25) is 4.79 Å². The van der Waals surface area contributed by atoms with E-state index in [1.54, 1.807) is 0 Å². The van der Waals surface area contributed by atoms with E-state index in [9.17, 15) is 9.59 Å². The van der Waals surface area contributed by atoms with Gasteiger partial charge < -0.3 is 21.3 Å². The fraction of sp³-hybridized carbons (Fsp3) is 0.636. The Morgan fingerprint density at radius 3 is 1.96 bits per heavy atom. The van der Waals surface area contributed by atoms with Crippen molar-refractivity contribution >= 4 is 23.3 Å². The topological polar surface area (TPSA) is 87.5 Å². The van der Waals surface area contributed by atoms with E-state index in [0.29, 0.717) is 13.0 Å². The molecule has 1 saturated carbocycles. The number of nitrogens with zero attached hydrogens (tertiary/aromatic N) is 1. The minimum Gasteiger partial charge on any atom is -0.330 e. The van der Waals surface area contributed by atoms with E-state index >= 15 is 0 Å². The molecule has 1 aromatic rings. The van der Waals surface area contributed by atoms with Crippen LogP contribution in [0.4, 0.5) is 16.2 Å². The zero-order valence-electron chi connectivity index (χ0n) is 16.8. The van der Waals surface area contributed by atoms with E-state index in [1.807, 2.05) is 29.2 Å². The van der Waals surface area contributed by atoms with Crippen molar-refractivity contribution in [3.63, 3.8) is 0 Å². The van der Waals surface area contributed by atoms with E-state index < -0.39 is 0 Å². The lowest BCUT2D eigenvalue weighted by Gasteiger charge is -2.35. The van der Waals surface area contributed by atoms with Crippen molar-refractivity contribution in [1.82, 2.24) is 4.90 Å². The average molecular weight is 387 g/mol. The van der Waals surface area contributed by atoms with Gasteiger partial charge in [0, 0.05) is 30.9 Å². The Balaban J connectivity index is 1.50. The second kappa shape index (κ2) is 9.92. The summed E-state index contributed by atoms with van der Waals surface area (Å²) in [5.41, 5.74) is 7.45. The van der Waals surface area contributed by atoms with E-state index in [2.05, 4.69) is 10.6 Å². The normalized spacial score (nSPS) is 19.5. The van der Waals surface area contributed by atoms with Crippen LogP contribution >= 0.6 is 0 Å². The second-order valence-electron chi connectivity index (χ2n) is 8.40. The van der Waals surface area contributed by atoms with Crippen molar-refractivity contribution in [2.24, 2.45) is 11.1 Å². The number of likely N-dealkylation sites (tertiary alicyclic amines) is 1. The van der Waals surface area contributed by atoms with Gasteiger partial charge in [-0.05, 0) is 61.9 Å². The molecule has 2 fully saturated rings. The molecule has 154 valence electrons. The summed E-state index contributed by atoms with van der Waals surface area (Å²) in [6.07, 6.45) is 10.7. The standard InChI is InChI=1S/C22H34N4O2/c23-17-22(12-4-3-5-13-22)16-20(27)24-18-8-10-19(11-9-18)25-21(28)26-14-6-1-2-7-15-26/h8-11H,1-7,12-17,23H2,(H,24,27)(H,25,28). The lowest BCUT2D eigenvalue weighted by atomic mass is 9.71. The third kappa shape index (κ3) is 5.71. The molecule has 3 rings (SSSR count). The van der Waals surface area contributed by atoms with Gasteiger partial charge in [-0.1, -0.05) is 32.1 Å². The first kappa shape index (κ1) is 20.6. The SMILES string of the molecule is NCC1(CC(=O)Nc2ccc(NC(=O)N3CCCCCC3)cc2)CCCCC1. The number of carbonyl (C=O) groups is 2. The van der Waals surface area contributed by atoms with E-state index in [-0.39, 0.29) is 17.4 Å². The number of hydrogen-bond donors (Lipinski definition) is 3. The Hall–Kier alpha value is -2.08. The van der Waals surface area contributed by atoms with Gasteiger partial charge in [0.05, 0.1) is 0 Å². The number of nitrogens with one attached hydrogen (secondary N) is 2. The number of nitrogens with two attached hydrogens (primary N) is 1. The molecular weight excluding hydrogens is 352 g/mol. The summed E-state index contributed by atoms with van der Waals surface area (Å²) >= 11 is 0. The van der Waals surface area contributed by atoms with Crippen LogP contribution in [0.1, 0.15) is 64.2 Å². The van der Waals surface area contributed by atoms with Crippen LogP contribution in [-0.4, -0.2) is 36.5 Å². The molecule has 6 heteroatoms. The molecule has 0 spiro atoms. The number of anilines is 2. The summed E-state index contributed by atoms with van der Waals surface area (Å²) in [6.45, 7) is 2.22. The maximum absolute atomic E-state index is 12.5. The fourth-order valence-corrected chi connectivity index (χ4v) is 4.41. The molecule has 1 heterocycles. The number of hydrogen-bond acceptors (Lipinski definition) is 3. The lowest BCUT2D eigenvalue weighted by molar-refractivity contribution is -0.118. The highest BCUT2D eigenvalue weighted by molar-refractivity contribution is 5.92. The summed E-state index contributed by atoms with van der Waals surface area (Å²) in [4.78, 5) is 26.8. The molecule has 1 aliphatic carbocycles.